The van der Waals surface area contributed by atoms with E-state index in [0.717, 1.165) is 12.2 Å². The fourth-order valence-corrected chi connectivity index (χ4v) is 2.92. The second kappa shape index (κ2) is 6.63. The first-order valence-corrected chi connectivity index (χ1v) is 7.81. The van der Waals surface area contributed by atoms with Crippen molar-refractivity contribution in [1.82, 2.24) is 5.32 Å². The Morgan fingerprint density at radius 3 is 2.67 bits per heavy atom. The third-order valence-electron chi connectivity index (χ3n) is 3.36. The van der Waals surface area contributed by atoms with Crippen molar-refractivity contribution in [2.75, 3.05) is 17.7 Å². The first-order valence-electron chi connectivity index (χ1n) is 6.93. The quantitative estimate of drug-likeness (QED) is 0.834. The Balaban J connectivity index is 2.30. The standard InChI is InChI=1S/C16H21N3OS/c1-11(2)19(10-13-5-4-8-21-13)15-7-6-12(9-14(15)17)16(20)18-3/h4-9,11H,10,17H2,1-3H3,(H,18,20). The zero-order chi connectivity index (χ0) is 15.4. The van der Waals surface area contributed by atoms with Crippen molar-refractivity contribution in [3.63, 3.8) is 0 Å². The third kappa shape index (κ3) is 3.55. The molecule has 0 fully saturated rings. The predicted octanol–water partition coefficient (Wildman–Crippen LogP) is 3.10. The highest BCUT2D eigenvalue weighted by molar-refractivity contribution is 7.09. The molecule has 112 valence electrons. The Morgan fingerprint density at radius 2 is 2.14 bits per heavy atom. The zero-order valence-electron chi connectivity index (χ0n) is 12.6. The lowest BCUT2D eigenvalue weighted by atomic mass is 10.1. The Labute approximate surface area is 129 Å². The Kier molecular flexibility index (Phi) is 4.85. The third-order valence-corrected chi connectivity index (χ3v) is 4.22. The van der Waals surface area contributed by atoms with Gasteiger partial charge in [-0.15, -0.1) is 11.3 Å². The summed E-state index contributed by atoms with van der Waals surface area (Å²) in [5.74, 6) is -0.123. The minimum atomic E-state index is -0.123. The van der Waals surface area contributed by atoms with Gasteiger partial charge in [0.25, 0.3) is 5.91 Å². The van der Waals surface area contributed by atoms with Crippen LogP contribution in [0.25, 0.3) is 0 Å². The Hall–Kier alpha value is -2.01. The smallest absolute Gasteiger partial charge is 0.251 e. The first kappa shape index (κ1) is 15.4. The van der Waals surface area contributed by atoms with Crippen LogP contribution in [0.1, 0.15) is 29.1 Å². The highest BCUT2D eigenvalue weighted by atomic mass is 32.1. The number of carbonyl (C=O) groups is 1. The normalized spacial score (nSPS) is 10.7. The van der Waals surface area contributed by atoms with Crippen molar-refractivity contribution in [1.29, 1.82) is 0 Å². The molecule has 1 amide bonds. The number of hydrogen-bond donors (Lipinski definition) is 2. The van der Waals surface area contributed by atoms with Gasteiger partial charge in [0.1, 0.15) is 0 Å². The summed E-state index contributed by atoms with van der Waals surface area (Å²) >= 11 is 1.73. The summed E-state index contributed by atoms with van der Waals surface area (Å²) in [7, 11) is 1.61. The topological polar surface area (TPSA) is 58.4 Å². The van der Waals surface area contributed by atoms with E-state index < -0.39 is 0 Å². The number of nitrogens with zero attached hydrogens (tertiary/aromatic N) is 1. The second-order valence-corrected chi connectivity index (χ2v) is 6.19. The van der Waals surface area contributed by atoms with Crippen molar-refractivity contribution in [3.05, 3.63) is 46.2 Å². The van der Waals surface area contributed by atoms with E-state index >= 15 is 0 Å². The van der Waals surface area contributed by atoms with Gasteiger partial charge in [0.05, 0.1) is 17.9 Å². The summed E-state index contributed by atoms with van der Waals surface area (Å²) < 4.78 is 0. The molecule has 0 aliphatic carbocycles. The van der Waals surface area contributed by atoms with Crippen LogP contribution in [0.15, 0.2) is 35.7 Å². The van der Waals surface area contributed by atoms with Crippen LogP contribution in [-0.4, -0.2) is 19.0 Å². The molecule has 0 radical (unpaired) electrons. The molecule has 1 aromatic carbocycles. The van der Waals surface area contributed by atoms with Gasteiger partial charge in [0.2, 0.25) is 0 Å². The number of hydrogen-bond acceptors (Lipinski definition) is 4. The van der Waals surface area contributed by atoms with E-state index in [2.05, 4.69) is 41.6 Å². The van der Waals surface area contributed by atoms with E-state index in [-0.39, 0.29) is 5.91 Å². The van der Waals surface area contributed by atoms with Crippen LogP contribution in [0.5, 0.6) is 0 Å². The molecule has 0 saturated heterocycles. The highest BCUT2D eigenvalue weighted by Crippen LogP contribution is 2.28. The molecule has 0 spiro atoms. The lowest BCUT2D eigenvalue weighted by Gasteiger charge is -2.30. The van der Waals surface area contributed by atoms with Gasteiger partial charge in [-0.1, -0.05) is 6.07 Å². The number of rotatable bonds is 5. The molecule has 21 heavy (non-hydrogen) atoms. The van der Waals surface area contributed by atoms with Gasteiger partial charge < -0.3 is 16.0 Å². The average molecular weight is 303 g/mol. The fourth-order valence-electron chi connectivity index (χ4n) is 2.22. The van der Waals surface area contributed by atoms with Crippen molar-refractivity contribution in [3.8, 4) is 0 Å². The van der Waals surface area contributed by atoms with Crippen molar-refractivity contribution < 1.29 is 4.79 Å². The van der Waals surface area contributed by atoms with E-state index in [4.69, 9.17) is 5.73 Å². The van der Waals surface area contributed by atoms with E-state index in [1.165, 1.54) is 4.88 Å². The Bertz CT molecular complexity index is 608. The minimum Gasteiger partial charge on any atom is -0.397 e. The van der Waals surface area contributed by atoms with Gasteiger partial charge in [0, 0.05) is 23.5 Å². The van der Waals surface area contributed by atoms with Crippen LogP contribution < -0.4 is 16.0 Å². The molecular weight excluding hydrogens is 282 g/mol. The van der Waals surface area contributed by atoms with Gasteiger partial charge in [0.15, 0.2) is 0 Å². The number of benzene rings is 1. The summed E-state index contributed by atoms with van der Waals surface area (Å²) in [6.45, 7) is 5.10. The molecule has 5 heteroatoms. The molecule has 2 rings (SSSR count). The predicted molar refractivity (Wildman–Crippen MR) is 89.9 cm³/mol. The van der Waals surface area contributed by atoms with E-state index in [9.17, 15) is 4.79 Å². The number of nitrogen functional groups attached to an aromatic ring is 1. The molecule has 0 saturated carbocycles. The van der Waals surface area contributed by atoms with Crippen molar-refractivity contribution in [2.24, 2.45) is 0 Å². The van der Waals surface area contributed by atoms with Crippen LogP contribution >= 0.6 is 11.3 Å². The van der Waals surface area contributed by atoms with E-state index in [0.29, 0.717) is 17.3 Å². The van der Waals surface area contributed by atoms with Crippen LogP contribution in [-0.2, 0) is 6.54 Å². The van der Waals surface area contributed by atoms with E-state index in [1.54, 1.807) is 24.5 Å². The van der Waals surface area contributed by atoms with Crippen molar-refractivity contribution >= 4 is 28.6 Å². The summed E-state index contributed by atoms with van der Waals surface area (Å²) in [6.07, 6.45) is 0. The molecule has 1 aromatic heterocycles. The van der Waals surface area contributed by atoms with Crippen LogP contribution in [0.3, 0.4) is 0 Å². The molecule has 0 aliphatic heterocycles. The lowest BCUT2D eigenvalue weighted by Crippen LogP contribution is -2.30. The molecule has 0 atom stereocenters. The monoisotopic (exact) mass is 303 g/mol. The van der Waals surface area contributed by atoms with Crippen LogP contribution in [0.2, 0.25) is 0 Å². The summed E-state index contributed by atoms with van der Waals surface area (Å²) in [5.41, 5.74) is 8.34. The van der Waals surface area contributed by atoms with Gasteiger partial charge in [-0.3, -0.25) is 4.79 Å². The van der Waals surface area contributed by atoms with Gasteiger partial charge in [-0.25, -0.2) is 0 Å². The number of carbonyl (C=O) groups excluding carboxylic acids is 1. The Morgan fingerprint density at radius 1 is 1.38 bits per heavy atom. The summed E-state index contributed by atoms with van der Waals surface area (Å²) in [4.78, 5) is 15.2. The molecule has 2 aromatic rings. The largest absolute Gasteiger partial charge is 0.397 e. The van der Waals surface area contributed by atoms with Crippen LogP contribution in [0, 0.1) is 0 Å². The highest BCUT2D eigenvalue weighted by Gasteiger charge is 2.16. The van der Waals surface area contributed by atoms with Crippen LogP contribution in [0.4, 0.5) is 11.4 Å². The summed E-state index contributed by atoms with van der Waals surface area (Å²) in [5, 5.41) is 4.69. The van der Waals surface area contributed by atoms with Gasteiger partial charge in [-0.2, -0.15) is 0 Å². The van der Waals surface area contributed by atoms with Gasteiger partial charge >= 0.3 is 0 Å². The first-order chi connectivity index (χ1) is 10.0. The number of nitrogens with one attached hydrogen (secondary N) is 1. The SMILES string of the molecule is CNC(=O)c1ccc(N(Cc2cccs2)C(C)C)c(N)c1. The molecule has 1 heterocycles. The summed E-state index contributed by atoms with van der Waals surface area (Å²) in [6, 6.07) is 9.96. The number of amides is 1. The zero-order valence-corrected chi connectivity index (χ0v) is 13.4. The molecule has 0 aliphatic rings. The molecule has 0 unspecified atom stereocenters. The number of nitrogens with two attached hydrogens (primary N) is 1. The van der Waals surface area contributed by atoms with E-state index in [1.807, 2.05) is 12.1 Å². The second-order valence-electron chi connectivity index (χ2n) is 5.15. The van der Waals surface area contributed by atoms with Gasteiger partial charge in [-0.05, 0) is 43.5 Å². The molecule has 0 bridgehead atoms. The maximum atomic E-state index is 11.7. The maximum Gasteiger partial charge on any atom is 0.251 e. The molecule has 4 nitrogen and oxygen atoms in total. The lowest BCUT2D eigenvalue weighted by molar-refractivity contribution is 0.0963. The number of thiophene rings is 1. The fraction of sp³-hybridized carbons (Fsp3) is 0.312. The molecule has 3 N–H and O–H groups in total. The maximum absolute atomic E-state index is 11.7. The molecular formula is C16H21N3OS. The minimum absolute atomic E-state index is 0.123. The number of anilines is 2. The van der Waals surface area contributed by atoms with Crippen molar-refractivity contribution in [2.45, 2.75) is 26.4 Å². The average Bonchev–Trinajstić information content (AvgIpc) is 2.97.